The normalized spacial score (nSPS) is 29.8. The third kappa shape index (κ3) is 2.16. The summed E-state index contributed by atoms with van der Waals surface area (Å²) in [7, 11) is 1.63. The zero-order chi connectivity index (χ0) is 11.6. The zero-order valence-electron chi connectivity index (χ0n) is 10.3. The molecule has 3 heteroatoms. The molecule has 0 aromatic heterocycles. The second-order valence-electron chi connectivity index (χ2n) is 5.11. The first-order chi connectivity index (χ1) is 7.71. The average molecular weight is 226 g/mol. The van der Waals surface area contributed by atoms with Crippen LogP contribution in [0.2, 0.25) is 0 Å². The average Bonchev–Trinajstić information content (AvgIpc) is 2.28. The van der Waals surface area contributed by atoms with Crippen molar-refractivity contribution in [2.75, 3.05) is 13.7 Å². The summed E-state index contributed by atoms with van der Waals surface area (Å²) in [5.74, 6) is 0.457. The highest BCUT2D eigenvalue weighted by atomic mass is 16.5. The molecule has 16 heavy (non-hydrogen) atoms. The third-order valence-electron chi connectivity index (χ3n) is 4.13. The fraction of sp³-hybridized carbons (Fsp3) is 0.923. The molecule has 2 unspecified atom stereocenters. The highest BCUT2D eigenvalue weighted by Gasteiger charge is 2.45. The van der Waals surface area contributed by atoms with Crippen molar-refractivity contribution in [3.05, 3.63) is 0 Å². The van der Waals surface area contributed by atoms with Gasteiger partial charge in [-0.3, -0.25) is 4.79 Å². The van der Waals surface area contributed by atoms with E-state index in [2.05, 4.69) is 0 Å². The van der Waals surface area contributed by atoms with Crippen LogP contribution >= 0.6 is 0 Å². The maximum atomic E-state index is 12.2. The first kappa shape index (κ1) is 12.1. The largest absolute Gasteiger partial charge is 0.375 e. The highest BCUT2D eigenvalue weighted by Crippen LogP contribution is 2.44. The minimum absolute atomic E-state index is 0.0601. The van der Waals surface area contributed by atoms with Gasteiger partial charge in [-0.05, 0) is 38.5 Å². The molecule has 1 heterocycles. The summed E-state index contributed by atoms with van der Waals surface area (Å²) in [6.45, 7) is 2.75. The number of carbonyl (C=O) groups excluding carboxylic acids is 1. The molecular formula is C13H22O3. The van der Waals surface area contributed by atoms with Crippen molar-refractivity contribution in [3.63, 3.8) is 0 Å². The lowest BCUT2D eigenvalue weighted by molar-refractivity contribution is -0.161. The quantitative estimate of drug-likeness (QED) is 0.738. The number of methoxy groups -OCH3 is 1. The topological polar surface area (TPSA) is 35.5 Å². The van der Waals surface area contributed by atoms with Gasteiger partial charge in [-0.1, -0.05) is 6.92 Å². The molecule has 2 rings (SSSR count). The molecule has 0 amide bonds. The minimum Gasteiger partial charge on any atom is -0.375 e. The van der Waals surface area contributed by atoms with E-state index >= 15 is 0 Å². The van der Waals surface area contributed by atoms with Gasteiger partial charge in [-0.2, -0.15) is 0 Å². The van der Waals surface area contributed by atoms with Gasteiger partial charge >= 0.3 is 0 Å². The number of hydrogen-bond acceptors (Lipinski definition) is 3. The summed E-state index contributed by atoms with van der Waals surface area (Å²) in [4.78, 5) is 12.2. The molecule has 0 N–H and O–H groups in total. The summed E-state index contributed by atoms with van der Waals surface area (Å²) >= 11 is 0. The molecule has 1 aliphatic carbocycles. The first-order valence-corrected chi connectivity index (χ1v) is 6.41. The second-order valence-corrected chi connectivity index (χ2v) is 5.11. The van der Waals surface area contributed by atoms with Gasteiger partial charge in [0.25, 0.3) is 0 Å². The molecule has 2 aliphatic rings. The van der Waals surface area contributed by atoms with Gasteiger partial charge < -0.3 is 9.47 Å². The Bertz CT molecular complexity index is 254. The van der Waals surface area contributed by atoms with Crippen molar-refractivity contribution in [2.24, 2.45) is 5.92 Å². The summed E-state index contributed by atoms with van der Waals surface area (Å²) in [6.07, 6.45) is 5.90. The van der Waals surface area contributed by atoms with Crippen LogP contribution in [0.3, 0.4) is 0 Å². The van der Waals surface area contributed by atoms with Gasteiger partial charge in [-0.15, -0.1) is 0 Å². The molecule has 1 spiro atoms. The lowest BCUT2D eigenvalue weighted by atomic mass is 9.70. The Kier molecular flexibility index (Phi) is 3.65. The highest BCUT2D eigenvalue weighted by molar-refractivity contribution is 5.85. The molecule has 92 valence electrons. The van der Waals surface area contributed by atoms with E-state index in [0.717, 1.165) is 38.7 Å². The molecule has 0 aromatic rings. The van der Waals surface area contributed by atoms with Crippen molar-refractivity contribution in [1.82, 2.24) is 0 Å². The summed E-state index contributed by atoms with van der Waals surface area (Å²) in [5.41, 5.74) is 0.0601. The lowest BCUT2D eigenvalue weighted by Crippen LogP contribution is -2.48. The van der Waals surface area contributed by atoms with Gasteiger partial charge in [0.1, 0.15) is 6.10 Å². The van der Waals surface area contributed by atoms with Crippen molar-refractivity contribution in [1.29, 1.82) is 0 Å². The predicted molar refractivity (Wildman–Crippen MR) is 61.4 cm³/mol. The van der Waals surface area contributed by atoms with Crippen LogP contribution in [0.1, 0.15) is 45.4 Å². The van der Waals surface area contributed by atoms with E-state index in [-0.39, 0.29) is 17.6 Å². The van der Waals surface area contributed by atoms with E-state index in [1.807, 2.05) is 6.92 Å². The van der Waals surface area contributed by atoms with Crippen molar-refractivity contribution >= 4 is 5.78 Å². The summed E-state index contributed by atoms with van der Waals surface area (Å²) in [5, 5.41) is 0. The smallest absolute Gasteiger partial charge is 0.164 e. The Morgan fingerprint density at radius 3 is 2.81 bits per heavy atom. The van der Waals surface area contributed by atoms with Crippen LogP contribution in [0.5, 0.6) is 0 Å². The fourth-order valence-corrected chi connectivity index (χ4v) is 2.94. The molecule has 2 fully saturated rings. The first-order valence-electron chi connectivity index (χ1n) is 6.41. The van der Waals surface area contributed by atoms with Crippen LogP contribution in [0.4, 0.5) is 0 Å². The number of hydrogen-bond donors (Lipinski definition) is 0. The Hall–Kier alpha value is -0.410. The van der Waals surface area contributed by atoms with E-state index in [1.165, 1.54) is 6.42 Å². The predicted octanol–water partition coefficient (Wildman–Crippen LogP) is 2.33. The third-order valence-corrected chi connectivity index (χ3v) is 4.13. The van der Waals surface area contributed by atoms with E-state index in [1.54, 1.807) is 7.11 Å². The second kappa shape index (κ2) is 4.84. The lowest BCUT2D eigenvalue weighted by Gasteiger charge is -2.47. The van der Waals surface area contributed by atoms with Crippen LogP contribution in [0, 0.1) is 5.92 Å². The molecule has 0 aromatic carbocycles. The zero-order valence-corrected chi connectivity index (χ0v) is 10.3. The van der Waals surface area contributed by atoms with Crippen LogP contribution in [-0.4, -0.2) is 31.2 Å². The molecule has 1 aliphatic heterocycles. The number of ketones is 1. The molecule has 2 atom stereocenters. The number of carbonyl (C=O) groups is 1. The Labute approximate surface area is 97.5 Å². The van der Waals surface area contributed by atoms with Crippen molar-refractivity contribution in [2.45, 2.75) is 57.2 Å². The maximum absolute atomic E-state index is 12.2. The van der Waals surface area contributed by atoms with E-state index in [9.17, 15) is 4.79 Å². The van der Waals surface area contributed by atoms with Gasteiger partial charge in [0.15, 0.2) is 5.78 Å². The Morgan fingerprint density at radius 1 is 1.56 bits per heavy atom. The van der Waals surface area contributed by atoms with E-state index < -0.39 is 0 Å². The van der Waals surface area contributed by atoms with Crippen LogP contribution in [0.25, 0.3) is 0 Å². The maximum Gasteiger partial charge on any atom is 0.164 e. The van der Waals surface area contributed by atoms with Gasteiger partial charge in [-0.25, -0.2) is 0 Å². The number of ether oxygens (including phenoxy) is 2. The Morgan fingerprint density at radius 2 is 2.31 bits per heavy atom. The molecule has 1 saturated carbocycles. The summed E-state index contributed by atoms with van der Waals surface area (Å²) < 4.78 is 11.1. The van der Waals surface area contributed by atoms with Crippen LogP contribution < -0.4 is 0 Å². The number of rotatable bonds is 4. The Balaban J connectivity index is 1.95. The van der Waals surface area contributed by atoms with E-state index in [4.69, 9.17) is 9.47 Å². The van der Waals surface area contributed by atoms with Crippen molar-refractivity contribution < 1.29 is 14.3 Å². The molecule has 0 bridgehead atoms. The number of Topliss-reactive ketones (excluding diaryl/α,β-unsaturated/α-hetero) is 1. The summed E-state index contributed by atoms with van der Waals surface area (Å²) in [6, 6.07) is 0. The molecule has 3 nitrogen and oxygen atoms in total. The monoisotopic (exact) mass is 226 g/mol. The standard InChI is InChI=1S/C13H22O3/c1-3-11(15-2)12(14)10-5-8-16-13(9-10)6-4-7-13/h10-11H,3-9H2,1-2H3. The molecular weight excluding hydrogens is 204 g/mol. The fourth-order valence-electron chi connectivity index (χ4n) is 2.94. The molecule has 1 saturated heterocycles. The van der Waals surface area contributed by atoms with Gasteiger partial charge in [0.2, 0.25) is 0 Å². The van der Waals surface area contributed by atoms with Gasteiger partial charge in [0, 0.05) is 19.6 Å². The van der Waals surface area contributed by atoms with Crippen LogP contribution in [-0.2, 0) is 14.3 Å². The SMILES string of the molecule is CCC(OC)C(=O)C1CCOC2(CCC2)C1. The van der Waals surface area contributed by atoms with E-state index in [0.29, 0.717) is 5.78 Å². The van der Waals surface area contributed by atoms with Crippen molar-refractivity contribution in [3.8, 4) is 0 Å². The molecule has 0 radical (unpaired) electrons. The van der Waals surface area contributed by atoms with Gasteiger partial charge in [0.05, 0.1) is 5.60 Å². The minimum atomic E-state index is -0.208. The van der Waals surface area contributed by atoms with Crippen LogP contribution in [0.15, 0.2) is 0 Å².